The highest BCUT2D eigenvalue weighted by molar-refractivity contribution is 5.19. The Balaban J connectivity index is 1.84. The zero-order valence-electron chi connectivity index (χ0n) is 13.4. The standard InChI is InChI=1S/C19H29NO/c1-14(2)18(19(21)16-8-4-3-5-9-16)20-13-7-11-15-10-6-12-17(15)20/h3-5,8-9,14-15,17-19,21H,6-7,10-13H2,1-2H3. The summed E-state index contributed by atoms with van der Waals surface area (Å²) in [6, 6.07) is 11.2. The first kappa shape index (κ1) is 15.1. The molecule has 2 fully saturated rings. The van der Waals surface area contributed by atoms with Crippen LogP contribution in [0.1, 0.15) is 57.6 Å². The Morgan fingerprint density at radius 3 is 2.48 bits per heavy atom. The monoisotopic (exact) mass is 287 g/mol. The van der Waals surface area contributed by atoms with Crippen LogP contribution >= 0.6 is 0 Å². The summed E-state index contributed by atoms with van der Waals surface area (Å²) >= 11 is 0. The molecule has 2 heteroatoms. The highest BCUT2D eigenvalue weighted by Gasteiger charge is 2.41. The number of rotatable bonds is 4. The van der Waals surface area contributed by atoms with Crippen molar-refractivity contribution in [1.82, 2.24) is 4.90 Å². The van der Waals surface area contributed by atoms with Crippen molar-refractivity contribution >= 4 is 0 Å². The number of aliphatic hydroxyl groups excluding tert-OH is 1. The maximum Gasteiger partial charge on any atom is 0.0947 e. The molecule has 4 unspecified atom stereocenters. The lowest BCUT2D eigenvalue weighted by Crippen LogP contribution is -2.52. The van der Waals surface area contributed by atoms with Crippen LogP contribution in [0.25, 0.3) is 0 Å². The summed E-state index contributed by atoms with van der Waals surface area (Å²) < 4.78 is 0. The number of piperidine rings is 1. The summed E-state index contributed by atoms with van der Waals surface area (Å²) in [7, 11) is 0. The Labute approximate surface area is 129 Å². The quantitative estimate of drug-likeness (QED) is 0.904. The molecule has 21 heavy (non-hydrogen) atoms. The molecule has 1 heterocycles. The van der Waals surface area contributed by atoms with E-state index in [4.69, 9.17) is 0 Å². The van der Waals surface area contributed by atoms with E-state index in [-0.39, 0.29) is 12.1 Å². The predicted octanol–water partition coefficient (Wildman–Crippen LogP) is 4.01. The summed E-state index contributed by atoms with van der Waals surface area (Å²) in [5.41, 5.74) is 1.07. The van der Waals surface area contributed by atoms with Crippen molar-refractivity contribution in [2.24, 2.45) is 11.8 Å². The topological polar surface area (TPSA) is 23.5 Å². The third kappa shape index (κ3) is 3.02. The molecule has 3 rings (SSSR count). The second kappa shape index (κ2) is 6.50. The number of benzene rings is 1. The molecule has 116 valence electrons. The van der Waals surface area contributed by atoms with Crippen molar-refractivity contribution in [3.63, 3.8) is 0 Å². The second-order valence-electron chi connectivity index (χ2n) is 7.23. The van der Waals surface area contributed by atoms with E-state index < -0.39 is 0 Å². The van der Waals surface area contributed by atoms with Crippen LogP contribution in [-0.4, -0.2) is 28.6 Å². The molecule has 0 bridgehead atoms. The van der Waals surface area contributed by atoms with E-state index in [0.29, 0.717) is 12.0 Å². The molecule has 1 saturated heterocycles. The Bertz CT molecular complexity index is 444. The Hall–Kier alpha value is -0.860. The number of hydrogen-bond donors (Lipinski definition) is 1. The molecule has 0 spiro atoms. The van der Waals surface area contributed by atoms with Crippen molar-refractivity contribution in [2.45, 2.75) is 64.1 Å². The van der Waals surface area contributed by atoms with Crippen molar-refractivity contribution in [2.75, 3.05) is 6.54 Å². The fourth-order valence-corrected chi connectivity index (χ4v) is 4.64. The van der Waals surface area contributed by atoms with E-state index in [1.54, 1.807) is 0 Å². The Morgan fingerprint density at radius 2 is 1.76 bits per heavy atom. The van der Waals surface area contributed by atoms with Gasteiger partial charge in [-0.25, -0.2) is 0 Å². The van der Waals surface area contributed by atoms with Gasteiger partial charge in [0.15, 0.2) is 0 Å². The number of hydrogen-bond acceptors (Lipinski definition) is 2. The van der Waals surface area contributed by atoms with Gasteiger partial charge in [-0.05, 0) is 49.6 Å². The third-order valence-electron chi connectivity index (χ3n) is 5.57. The minimum Gasteiger partial charge on any atom is -0.387 e. The lowest BCUT2D eigenvalue weighted by Gasteiger charge is -2.46. The summed E-state index contributed by atoms with van der Waals surface area (Å²) in [6.45, 7) is 5.68. The minimum atomic E-state index is -0.370. The van der Waals surface area contributed by atoms with Crippen LogP contribution in [0.5, 0.6) is 0 Å². The maximum atomic E-state index is 11.0. The largest absolute Gasteiger partial charge is 0.387 e. The first-order valence-corrected chi connectivity index (χ1v) is 8.67. The van der Waals surface area contributed by atoms with Crippen molar-refractivity contribution < 1.29 is 5.11 Å². The van der Waals surface area contributed by atoms with Gasteiger partial charge >= 0.3 is 0 Å². The van der Waals surface area contributed by atoms with Crippen LogP contribution in [0.4, 0.5) is 0 Å². The predicted molar refractivity (Wildman–Crippen MR) is 87.1 cm³/mol. The van der Waals surface area contributed by atoms with Gasteiger partial charge < -0.3 is 5.11 Å². The van der Waals surface area contributed by atoms with E-state index in [9.17, 15) is 5.11 Å². The van der Waals surface area contributed by atoms with Gasteiger partial charge in [-0.1, -0.05) is 50.6 Å². The molecule has 1 aliphatic carbocycles. The van der Waals surface area contributed by atoms with Crippen LogP contribution in [0, 0.1) is 11.8 Å². The average molecular weight is 287 g/mol. The summed E-state index contributed by atoms with van der Waals surface area (Å²) in [4.78, 5) is 2.66. The number of aliphatic hydroxyl groups is 1. The molecule has 2 nitrogen and oxygen atoms in total. The van der Waals surface area contributed by atoms with Crippen LogP contribution < -0.4 is 0 Å². The van der Waals surface area contributed by atoms with E-state index in [1.807, 2.05) is 18.2 Å². The molecule has 1 N–H and O–H groups in total. The van der Waals surface area contributed by atoms with E-state index in [1.165, 1.54) is 32.1 Å². The SMILES string of the molecule is CC(C)C(C(O)c1ccccc1)N1CCCC2CCCC21. The fraction of sp³-hybridized carbons (Fsp3) is 0.684. The normalized spacial score (nSPS) is 29.3. The molecule has 1 aliphatic heterocycles. The zero-order valence-corrected chi connectivity index (χ0v) is 13.4. The Kier molecular flexibility index (Phi) is 4.66. The van der Waals surface area contributed by atoms with Crippen LogP contribution in [0.2, 0.25) is 0 Å². The minimum absolute atomic E-state index is 0.248. The molecule has 1 aromatic rings. The van der Waals surface area contributed by atoms with Gasteiger partial charge in [-0.2, -0.15) is 0 Å². The van der Waals surface area contributed by atoms with Crippen LogP contribution in [0.3, 0.4) is 0 Å². The molecular formula is C19H29NO. The summed E-state index contributed by atoms with van der Waals surface area (Å²) in [6.07, 6.45) is 6.42. The molecule has 0 radical (unpaired) electrons. The summed E-state index contributed by atoms with van der Waals surface area (Å²) in [5.74, 6) is 1.35. The number of nitrogens with zero attached hydrogens (tertiary/aromatic N) is 1. The average Bonchev–Trinajstić information content (AvgIpc) is 2.97. The molecule has 1 saturated carbocycles. The van der Waals surface area contributed by atoms with Crippen LogP contribution in [0.15, 0.2) is 30.3 Å². The molecule has 2 aliphatic rings. The first-order valence-electron chi connectivity index (χ1n) is 8.67. The molecule has 0 aromatic heterocycles. The van der Waals surface area contributed by atoms with Crippen molar-refractivity contribution in [3.8, 4) is 0 Å². The summed E-state index contributed by atoms with van der Waals surface area (Å²) in [5, 5.41) is 11.0. The van der Waals surface area contributed by atoms with Crippen molar-refractivity contribution in [1.29, 1.82) is 0 Å². The van der Waals surface area contributed by atoms with Gasteiger partial charge in [0.25, 0.3) is 0 Å². The third-order valence-corrected chi connectivity index (χ3v) is 5.57. The smallest absolute Gasteiger partial charge is 0.0947 e. The molecule has 1 aromatic carbocycles. The van der Waals surface area contributed by atoms with E-state index in [0.717, 1.165) is 18.0 Å². The molecular weight excluding hydrogens is 258 g/mol. The second-order valence-corrected chi connectivity index (χ2v) is 7.23. The van der Waals surface area contributed by atoms with Gasteiger partial charge in [0.2, 0.25) is 0 Å². The lowest BCUT2D eigenvalue weighted by atomic mass is 9.85. The highest BCUT2D eigenvalue weighted by Crippen LogP contribution is 2.41. The van der Waals surface area contributed by atoms with Crippen LogP contribution in [-0.2, 0) is 0 Å². The van der Waals surface area contributed by atoms with Gasteiger partial charge in [0, 0.05) is 12.1 Å². The van der Waals surface area contributed by atoms with Gasteiger partial charge in [0.1, 0.15) is 0 Å². The van der Waals surface area contributed by atoms with E-state index in [2.05, 4.69) is 30.9 Å². The first-order chi connectivity index (χ1) is 10.2. The van der Waals surface area contributed by atoms with Gasteiger partial charge in [0.05, 0.1) is 6.10 Å². The highest BCUT2D eigenvalue weighted by atomic mass is 16.3. The maximum absolute atomic E-state index is 11.0. The lowest BCUT2D eigenvalue weighted by molar-refractivity contribution is -0.0269. The number of likely N-dealkylation sites (tertiary alicyclic amines) is 1. The van der Waals surface area contributed by atoms with Crippen molar-refractivity contribution in [3.05, 3.63) is 35.9 Å². The van der Waals surface area contributed by atoms with E-state index >= 15 is 0 Å². The number of fused-ring (bicyclic) bond motifs is 1. The molecule has 0 amide bonds. The molecule has 4 atom stereocenters. The van der Waals surface area contributed by atoms with Gasteiger partial charge in [-0.3, -0.25) is 4.90 Å². The van der Waals surface area contributed by atoms with Gasteiger partial charge in [-0.15, -0.1) is 0 Å². The fourth-order valence-electron chi connectivity index (χ4n) is 4.64. The zero-order chi connectivity index (χ0) is 14.8. The Morgan fingerprint density at radius 1 is 1.05 bits per heavy atom.